The highest BCUT2D eigenvalue weighted by Crippen LogP contribution is 2.35. The summed E-state index contributed by atoms with van der Waals surface area (Å²) in [6, 6.07) is 0. The first-order chi connectivity index (χ1) is 6.59. The number of aliphatic hydroxyl groups is 1. The van der Waals surface area contributed by atoms with Crippen molar-refractivity contribution in [1.82, 2.24) is 0 Å². The summed E-state index contributed by atoms with van der Waals surface area (Å²) < 4.78 is 5.34. The van der Waals surface area contributed by atoms with Crippen LogP contribution in [0.2, 0.25) is 0 Å². The Kier molecular flexibility index (Phi) is 4.39. The fraction of sp³-hybridized carbons (Fsp3) is 1.00. The Labute approximate surface area is 87.7 Å². The lowest BCUT2D eigenvalue weighted by molar-refractivity contribution is -0.0706. The Morgan fingerprint density at radius 1 is 1.57 bits per heavy atom. The van der Waals surface area contributed by atoms with Gasteiger partial charge in [-0.2, -0.15) is 0 Å². The zero-order valence-electron chi connectivity index (χ0n) is 9.75. The summed E-state index contributed by atoms with van der Waals surface area (Å²) in [6.07, 6.45) is 6.36. The summed E-state index contributed by atoms with van der Waals surface area (Å²) in [7, 11) is 1.75. The summed E-state index contributed by atoms with van der Waals surface area (Å²) in [5, 5.41) is 10.4. The fourth-order valence-electron chi connectivity index (χ4n) is 2.47. The van der Waals surface area contributed by atoms with Crippen molar-refractivity contribution in [2.45, 2.75) is 64.1 Å². The Hall–Kier alpha value is -0.0800. The van der Waals surface area contributed by atoms with E-state index >= 15 is 0 Å². The minimum Gasteiger partial charge on any atom is -0.390 e. The third-order valence-electron chi connectivity index (χ3n) is 3.53. The fourth-order valence-corrected chi connectivity index (χ4v) is 2.47. The van der Waals surface area contributed by atoms with Crippen molar-refractivity contribution in [3.8, 4) is 0 Å². The predicted molar refractivity (Wildman–Crippen MR) is 58.3 cm³/mol. The molecule has 0 heterocycles. The lowest BCUT2D eigenvalue weighted by Crippen LogP contribution is -2.39. The van der Waals surface area contributed by atoms with Crippen molar-refractivity contribution in [3.63, 3.8) is 0 Å². The highest BCUT2D eigenvalue weighted by molar-refractivity contribution is 4.87. The molecule has 2 nitrogen and oxygen atoms in total. The quantitative estimate of drug-likeness (QED) is 0.756. The van der Waals surface area contributed by atoms with Crippen LogP contribution in [0.3, 0.4) is 0 Å². The highest BCUT2D eigenvalue weighted by Gasteiger charge is 2.35. The van der Waals surface area contributed by atoms with Crippen molar-refractivity contribution < 1.29 is 9.84 Å². The summed E-state index contributed by atoms with van der Waals surface area (Å²) >= 11 is 0. The van der Waals surface area contributed by atoms with Gasteiger partial charge in [0.2, 0.25) is 0 Å². The molecule has 14 heavy (non-hydrogen) atoms. The van der Waals surface area contributed by atoms with E-state index in [1.54, 1.807) is 7.11 Å². The van der Waals surface area contributed by atoms with E-state index in [2.05, 4.69) is 13.8 Å². The van der Waals surface area contributed by atoms with Gasteiger partial charge in [0, 0.05) is 13.5 Å². The Morgan fingerprint density at radius 2 is 2.29 bits per heavy atom. The van der Waals surface area contributed by atoms with E-state index in [1.807, 2.05) is 0 Å². The van der Waals surface area contributed by atoms with Crippen molar-refractivity contribution in [3.05, 3.63) is 0 Å². The zero-order valence-corrected chi connectivity index (χ0v) is 9.75. The normalized spacial score (nSPS) is 35.6. The Morgan fingerprint density at radius 3 is 2.86 bits per heavy atom. The average Bonchev–Trinajstić information content (AvgIpc) is 2.17. The third-order valence-corrected chi connectivity index (χ3v) is 3.53. The van der Waals surface area contributed by atoms with E-state index in [9.17, 15) is 5.11 Å². The largest absolute Gasteiger partial charge is 0.390 e. The minimum absolute atomic E-state index is 0.276. The van der Waals surface area contributed by atoms with Crippen molar-refractivity contribution >= 4 is 0 Å². The molecule has 3 unspecified atom stereocenters. The highest BCUT2D eigenvalue weighted by atomic mass is 16.5. The van der Waals surface area contributed by atoms with Crippen LogP contribution in [0.1, 0.15) is 52.4 Å². The Bertz CT molecular complexity index is 166. The van der Waals surface area contributed by atoms with E-state index in [4.69, 9.17) is 4.74 Å². The molecule has 0 aromatic rings. The van der Waals surface area contributed by atoms with Crippen LogP contribution < -0.4 is 0 Å². The number of hydrogen-bond donors (Lipinski definition) is 1. The maximum absolute atomic E-state index is 10.4. The third kappa shape index (κ3) is 3.25. The molecule has 84 valence electrons. The van der Waals surface area contributed by atoms with E-state index < -0.39 is 5.60 Å². The first kappa shape index (κ1) is 12.0. The van der Waals surface area contributed by atoms with Crippen LogP contribution in [0.4, 0.5) is 0 Å². The molecular formula is C12H24O2. The molecule has 1 aliphatic carbocycles. The van der Waals surface area contributed by atoms with Crippen molar-refractivity contribution in [2.24, 2.45) is 5.92 Å². The van der Waals surface area contributed by atoms with Gasteiger partial charge >= 0.3 is 0 Å². The first-order valence-electron chi connectivity index (χ1n) is 5.85. The average molecular weight is 200 g/mol. The lowest BCUT2D eigenvalue weighted by atomic mass is 9.77. The minimum atomic E-state index is -0.450. The van der Waals surface area contributed by atoms with Crippen LogP contribution in [0.15, 0.2) is 0 Å². The second-order valence-corrected chi connectivity index (χ2v) is 4.90. The SMILES string of the molecule is CCC(C)CC1(O)CCCC(OC)C1. The zero-order chi connectivity index (χ0) is 10.6. The predicted octanol–water partition coefficient (Wildman–Crippen LogP) is 2.74. The van der Waals surface area contributed by atoms with Crippen LogP contribution in [-0.2, 0) is 4.74 Å². The molecule has 1 N–H and O–H groups in total. The van der Waals surface area contributed by atoms with Crippen LogP contribution in [-0.4, -0.2) is 23.9 Å². The van der Waals surface area contributed by atoms with Crippen LogP contribution >= 0.6 is 0 Å². The second-order valence-electron chi connectivity index (χ2n) is 4.90. The molecule has 1 rings (SSSR count). The monoisotopic (exact) mass is 200 g/mol. The molecule has 0 saturated heterocycles. The first-order valence-corrected chi connectivity index (χ1v) is 5.85. The topological polar surface area (TPSA) is 29.5 Å². The van der Waals surface area contributed by atoms with Crippen molar-refractivity contribution in [1.29, 1.82) is 0 Å². The van der Waals surface area contributed by atoms with E-state index in [0.29, 0.717) is 5.92 Å². The van der Waals surface area contributed by atoms with Gasteiger partial charge in [0.15, 0.2) is 0 Å². The second kappa shape index (κ2) is 5.13. The van der Waals surface area contributed by atoms with Crippen molar-refractivity contribution in [2.75, 3.05) is 7.11 Å². The maximum Gasteiger partial charge on any atom is 0.0675 e. The van der Waals surface area contributed by atoms with Gasteiger partial charge in [0.05, 0.1) is 11.7 Å². The summed E-state index contributed by atoms with van der Waals surface area (Å²) in [5.74, 6) is 0.621. The van der Waals surface area contributed by atoms with Crippen LogP contribution in [0.5, 0.6) is 0 Å². The molecule has 1 fully saturated rings. The molecule has 3 atom stereocenters. The number of rotatable bonds is 4. The van der Waals surface area contributed by atoms with E-state index in [0.717, 1.165) is 38.5 Å². The molecular weight excluding hydrogens is 176 g/mol. The molecule has 1 aliphatic rings. The summed E-state index contributed by atoms with van der Waals surface area (Å²) in [4.78, 5) is 0. The molecule has 0 aromatic carbocycles. The van der Waals surface area contributed by atoms with Gasteiger partial charge in [0.1, 0.15) is 0 Å². The number of methoxy groups -OCH3 is 1. The van der Waals surface area contributed by atoms with E-state index in [-0.39, 0.29) is 6.10 Å². The Balaban J connectivity index is 2.46. The number of hydrogen-bond acceptors (Lipinski definition) is 2. The molecule has 0 amide bonds. The van der Waals surface area contributed by atoms with Gasteiger partial charge in [-0.25, -0.2) is 0 Å². The molecule has 2 heteroatoms. The van der Waals surface area contributed by atoms with Crippen LogP contribution in [0, 0.1) is 5.92 Å². The molecule has 0 spiro atoms. The van der Waals surface area contributed by atoms with Gasteiger partial charge in [-0.15, -0.1) is 0 Å². The van der Waals surface area contributed by atoms with Gasteiger partial charge < -0.3 is 9.84 Å². The molecule has 0 bridgehead atoms. The standard InChI is InChI=1S/C12H24O2/c1-4-10(2)8-12(13)7-5-6-11(9-12)14-3/h10-11,13H,4-9H2,1-3H3. The van der Waals surface area contributed by atoms with Gasteiger partial charge in [0.25, 0.3) is 0 Å². The smallest absolute Gasteiger partial charge is 0.0675 e. The molecule has 0 aliphatic heterocycles. The van der Waals surface area contributed by atoms with Gasteiger partial charge in [-0.1, -0.05) is 20.3 Å². The summed E-state index contributed by atoms with van der Waals surface area (Å²) in [6.45, 7) is 4.40. The molecule has 1 saturated carbocycles. The van der Waals surface area contributed by atoms with Gasteiger partial charge in [-0.05, 0) is 31.6 Å². The lowest BCUT2D eigenvalue weighted by Gasteiger charge is -2.37. The van der Waals surface area contributed by atoms with Gasteiger partial charge in [-0.3, -0.25) is 0 Å². The molecule has 0 radical (unpaired) electrons. The van der Waals surface area contributed by atoms with Crippen LogP contribution in [0.25, 0.3) is 0 Å². The maximum atomic E-state index is 10.4. The summed E-state index contributed by atoms with van der Waals surface area (Å²) in [5.41, 5.74) is -0.450. The van der Waals surface area contributed by atoms with E-state index in [1.165, 1.54) is 0 Å². The molecule has 0 aromatic heterocycles. The number of ether oxygens (including phenoxy) is 1.